The lowest BCUT2D eigenvalue weighted by molar-refractivity contribution is 0.0992. The summed E-state index contributed by atoms with van der Waals surface area (Å²) in [5.74, 6) is 2.44. The summed E-state index contributed by atoms with van der Waals surface area (Å²) in [5.41, 5.74) is 0. The summed E-state index contributed by atoms with van der Waals surface area (Å²) in [7, 11) is 0. The summed E-state index contributed by atoms with van der Waals surface area (Å²) >= 11 is 0. The summed E-state index contributed by atoms with van der Waals surface area (Å²) in [4.78, 5) is 7.53. The fraction of sp³-hybridized carbons (Fsp3) is 0.947. The highest BCUT2D eigenvalue weighted by atomic mass is 127. The summed E-state index contributed by atoms with van der Waals surface area (Å²) in [6, 6.07) is 0.449. The molecule has 2 bridgehead atoms. The van der Waals surface area contributed by atoms with E-state index >= 15 is 0 Å². The highest BCUT2D eigenvalue weighted by Gasteiger charge is 2.41. The minimum atomic E-state index is 0. The Bertz CT molecular complexity index is 432. The minimum Gasteiger partial charge on any atom is -0.373 e. The van der Waals surface area contributed by atoms with Crippen molar-refractivity contribution in [2.75, 3.05) is 32.7 Å². The lowest BCUT2D eigenvalue weighted by atomic mass is 9.95. The largest absolute Gasteiger partial charge is 0.373 e. The molecule has 146 valence electrons. The number of nitrogens with zero attached hydrogens (tertiary/aromatic N) is 2. The van der Waals surface area contributed by atoms with Gasteiger partial charge in [0, 0.05) is 26.2 Å². The molecule has 3 heterocycles. The molecule has 0 aliphatic carbocycles. The van der Waals surface area contributed by atoms with Crippen LogP contribution in [-0.2, 0) is 4.74 Å². The Morgan fingerprint density at radius 2 is 2.12 bits per heavy atom. The van der Waals surface area contributed by atoms with Gasteiger partial charge in [-0.05, 0) is 57.4 Å². The molecule has 4 atom stereocenters. The average molecular weight is 464 g/mol. The van der Waals surface area contributed by atoms with Crippen LogP contribution in [0, 0.1) is 11.8 Å². The van der Waals surface area contributed by atoms with Crippen LogP contribution in [0.5, 0.6) is 0 Å². The van der Waals surface area contributed by atoms with Gasteiger partial charge in [-0.15, -0.1) is 24.0 Å². The molecule has 0 saturated carbocycles. The molecular weight excluding hydrogens is 427 g/mol. The number of nitrogens with one attached hydrogen (secondary N) is 2. The Morgan fingerprint density at radius 1 is 1.28 bits per heavy atom. The Hall–Kier alpha value is -0.0800. The molecule has 0 aromatic rings. The second kappa shape index (κ2) is 10.3. The number of fused-ring (bicyclic) bond motifs is 2. The first-order valence-corrected chi connectivity index (χ1v) is 10.1. The van der Waals surface area contributed by atoms with Crippen LogP contribution in [0.2, 0.25) is 0 Å². The van der Waals surface area contributed by atoms with Crippen molar-refractivity contribution in [2.45, 2.75) is 71.1 Å². The van der Waals surface area contributed by atoms with Crippen molar-refractivity contribution in [3.63, 3.8) is 0 Å². The number of hydrogen-bond acceptors (Lipinski definition) is 3. The van der Waals surface area contributed by atoms with Gasteiger partial charge in [-0.3, -0.25) is 4.99 Å². The highest BCUT2D eigenvalue weighted by molar-refractivity contribution is 14.0. The Labute approximate surface area is 170 Å². The molecule has 0 radical (unpaired) electrons. The van der Waals surface area contributed by atoms with Crippen molar-refractivity contribution in [1.82, 2.24) is 15.5 Å². The van der Waals surface area contributed by atoms with E-state index < -0.39 is 0 Å². The fourth-order valence-electron chi connectivity index (χ4n) is 4.49. The molecule has 0 amide bonds. The van der Waals surface area contributed by atoms with E-state index in [1.807, 2.05) is 0 Å². The molecule has 0 spiro atoms. The van der Waals surface area contributed by atoms with Crippen molar-refractivity contribution in [2.24, 2.45) is 16.8 Å². The number of ether oxygens (including phenoxy) is 1. The van der Waals surface area contributed by atoms with E-state index in [4.69, 9.17) is 9.73 Å². The Morgan fingerprint density at radius 3 is 2.76 bits per heavy atom. The van der Waals surface area contributed by atoms with Gasteiger partial charge >= 0.3 is 0 Å². The number of guanidine groups is 1. The van der Waals surface area contributed by atoms with Crippen LogP contribution in [0.25, 0.3) is 0 Å². The summed E-state index contributed by atoms with van der Waals surface area (Å²) in [5, 5.41) is 7.05. The Kier molecular flexibility index (Phi) is 8.75. The SMILES string of the molecule is CCNC(=NCC1CCCN(CC(C)C)C1)NC1CC2CCC1O2.I. The van der Waals surface area contributed by atoms with Crippen LogP contribution in [0.4, 0.5) is 0 Å². The second-order valence-corrected chi connectivity index (χ2v) is 8.24. The van der Waals surface area contributed by atoms with Crippen LogP contribution in [0.1, 0.15) is 52.9 Å². The zero-order valence-electron chi connectivity index (χ0n) is 16.2. The maximum atomic E-state index is 5.96. The first-order chi connectivity index (χ1) is 11.6. The predicted molar refractivity (Wildman–Crippen MR) is 115 cm³/mol. The van der Waals surface area contributed by atoms with Gasteiger partial charge in [0.1, 0.15) is 0 Å². The molecule has 0 aromatic heterocycles. The van der Waals surface area contributed by atoms with Gasteiger partial charge in [-0.1, -0.05) is 13.8 Å². The number of hydrogen-bond donors (Lipinski definition) is 2. The number of aliphatic imine (C=N–C) groups is 1. The van der Waals surface area contributed by atoms with Gasteiger partial charge in [-0.25, -0.2) is 0 Å². The van der Waals surface area contributed by atoms with E-state index in [-0.39, 0.29) is 24.0 Å². The van der Waals surface area contributed by atoms with E-state index in [1.165, 1.54) is 45.3 Å². The molecule has 3 saturated heterocycles. The molecular formula is C19H37IN4O. The Balaban J connectivity index is 0.00000225. The lowest BCUT2D eigenvalue weighted by Crippen LogP contribution is -2.47. The maximum absolute atomic E-state index is 5.96. The van der Waals surface area contributed by atoms with Gasteiger partial charge in [0.15, 0.2) is 5.96 Å². The summed E-state index contributed by atoms with van der Waals surface area (Å²) in [6.45, 7) is 12.3. The van der Waals surface area contributed by atoms with Crippen molar-refractivity contribution in [1.29, 1.82) is 0 Å². The molecule has 3 aliphatic heterocycles. The third kappa shape index (κ3) is 6.24. The van der Waals surface area contributed by atoms with Gasteiger partial charge < -0.3 is 20.3 Å². The van der Waals surface area contributed by atoms with Gasteiger partial charge in [0.2, 0.25) is 0 Å². The highest BCUT2D eigenvalue weighted by Crippen LogP contribution is 2.34. The molecule has 3 aliphatic rings. The van der Waals surface area contributed by atoms with Crippen molar-refractivity contribution >= 4 is 29.9 Å². The normalized spacial score (nSPS) is 32.7. The van der Waals surface area contributed by atoms with Crippen molar-refractivity contribution < 1.29 is 4.74 Å². The van der Waals surface area contributed by atoms with Crippen LogP contribution in [0.3, 0.4) is 0 Å². The molecule has 3 rings (SSSR count). The van der Waals surface area contributed by atoms with E-state index in [0.29, 0.717) is 24.2 Å². The molecule has 0 aromatic carbocycles. The van der Waals surface area contributed by atoms with Gasteiger partial charge in [0.25, 0.3) is 0 Å². The first-order valence-electron chi connectivity index (χ1n) is 10.1. The predicted octanol–water partition coefficient (Wildman–Crippen LogP) is 2.85. The van der Waals surface area contributed by atoms with E-state index in [9.17, 15) is 0 Å². The fourth-order valence-corrected chi connectivity index (χ4v) is 4.49. The zero-order valence-corrected chi connectivity index (χ0v) is 18.5. The summed E-state index contributed by atoms with van der Waals surface area (Å²) < 4.78 is 5.96. The smallest absolute Gasteiger partial charge is 0.191 e. The number of likely N-dealkylation sites (tertiary alicyclic amines) is 1. The molecule has 5 nitrogen and oxygen atoms in total. The first kappa shape index (κ1) is 21.2. The van der Waals surface area contributed by atoms with Crippen LogP contribution < -0.4 is 10.6 Å². The van der Waals surface area contributed by atoms with E-state index in [0.717, 1.165) is 31.4 Å². The van der Waals surface area contributed by atoms with Gasteiger partial charge in [-0.2, -0.15) is 0 Å². The number of halogens is 1. The average Bonchev–Trinajstić information content (AvgIpc) is 3.15. The van der Waals surface area contributed by atoms with Crippen LogP contribution >= 0.6 is 24.0 Å². The van der Waals surface area contributed by atoms with Crippen LogP contribution in [-0.4, -0.2) is 61.8 Å². The zero-order chi connectivity index (χ0) is 16.9. The quantitative estimate of drug-likeness (QED) is 0.361. The molecule has 2 N–H and O–H groups in total. The van der Waals surface area contributed by atoms with E-state index in [1.54, 1.807) is 0 Å². The minimum absolute atomic E-state index is 0. The lowest BCUT2D eigenvalue weighted by Gasteiger charge is -2.33. The third-order valence-electron chi connectivity index (χ3n) is 5.51. The topological polar surface area (TPSA) is 48.9 Å². The number of piperidine rings is 1. The van der Waals surface area contributed by atoms with Crippen LogP contribution in [0.15, 0.2) is 4.99 Å². The maximum Gasteiger partial charge on any atom is 0.191 e. The summed E-state index contributed by atoms with van der Waals surface area (Å²) in [6.07, 6.45) is 7.10. The molecule has 6 heteroatoms. The van der Waals surface area contributed by atoms with E-state index in [2.05, 4.69) is 36.3 Å². The standard InChI is InChI=1S/C19H36N4O.HI/c1-4-20-19(22-17-10-16-7-8-18(17)24-16)21-11-15-6-5-9-23(13-15)12-14(2)3;/h14-18H,4-13H2,1-3H3,(H2,20,21,22);1H. The van der Waals surface area contributed by atoms with Crippen molar-refractivity contribution in [3.05, 3.63) is 0 Å². The molecule has 25 heavy (non-hydrogen) atoms. The monoisotopic (exact) mass is 464 g/mol. The number of rotatable bonds is 6. The molecule has 4 unspecified atom stereocenters. The third-order valence-corrected chi connectivity index (χ3v) is 5.51. The second-order valence-electron chi connectivity index (χ2n) is 8.24. The van der Waals surface area contributed by atoms with Gasteiger partial charge in [0.05, 0.1) is 18.2 Å². The molecule has 3 fully saturated rings. The van der Waals surface area contributed by atoms with Crippen molar-refractivity contribution in [3.8, 4) is 0 Å².